The number of rotatable bonds is 6. The Hall–Kier alpha value is -1.39. The second-order valence-corrected chi connectivity index (χ2v) is 5.34. The van der Waals surface area contributed by atoms with Gasteiger partial charge in [-0.1, -0.05) is 12.1 Å². The first-order valence-corrected chi connectivity index (χ1v) is 7.16. The van der Waals surface area contributed by atoms with E-state index in [0.29, 0.717) is 17.9 Å². The molecule has 1 unspecified atom stereocenters. The van der Waals surface area contributed by atoms with Crippen LogP contribution in [-0.2, 0) is 4.74 Å². The highest BCUT2D eigenvalue weighted by Crippen LogP contribution is 2.15. The van der Waals surface area contributed by atoms with Gasteiger partial charge >= 0.3 is 0 Å². The van der Waals surface area contributed by atoms with E-state index in [0.717, 1.165) is 26.0 Å². The van der Waals surface area contributed by atoms with Gasteiger partial charge in [0.25, 0.3) is 0 Å². The fraction of sp³-hybridized carbons (Fsp3) is 0.562. The molecule has 0 aliphatic carbocycles. The van der Waals surface area contributed by atoms with Crippen molar-refractivity contribution in [3.8, 4) is 5.75 Å². The lowest BCUT2D eigenvalue weighted by atomic mass is 10.1. The summed E-state index contributed by atoms with van der Waals surface area (Å²) in [4.78, 5) is 14.3. The van der Waals surface area contributed by atoms with Crippen LogP contribution < -0.4 is 4.74 Å². The van der Waals surface area contributed by atoms with Crippen molar-refractivity contribution in [2.24, 2.45) is 0 Å². The Morgan fingerprint density at radius 3 is 3.00 bits per heavy atom. The van der Waals surface area contributed by atoms with Crippen molar-refractivity contribution in [1.29, 1.82) is 0 Å². The molecule has 4 nitrogen and oxygen atoms in total. The zero-order valence-electron chi connectivity index (χ0n) is 12.3. The van der Waals surface area contributed by atoms with E-state index in [1.54, 1.807) is 13.2 Å². The van der Waals surface area contributed by atoms with Crippen LogP contribution in [0, 0.1) is 0 Å². The molecule has 1 atom stereocenters. The highest BCUT2D eigenvalue weighted by molar-refractivity contribution is 5.97. The number of methoxy groups -OCH3 is 1. The van der Waals surface area contributed by atoms with Crippen LogP contribution in [0.4, 0.5) is 0 Å². The minimum Gasteiger partial charge on any atom is -0.497 e. The molecule has 1 saturated heterocycles. The number of benzene rings is 1. The average molecular weight is 277 g/mol. The van der Waals surface area contributed by atoms with Gasteiger partial charge in [-0.3, -0.25) is 9.69 Å². The van der Waals surface area contributed by atoms with Crippen LogP contribution in [0.1, 0.15) is 29.6 Å². The van der Waals surface area contributed by atoms with Gasteiger partial charge in [-0.15, -0.1) is 0 Å². The molecule has 1 aromatic carbocycles. The van der Waals surface area contributed by atoms with E-state index in [1.165, 1.54) is 6.42 Å². The second kappa shape index (κ2) is 7.41. The molecule has 1 aliphatic heterocycles. The molecule has 0 spiro atoms. The standard InChI is InChI=1S/C16H23NO3/c1-17(11-15-7-3-4-9-20-15)12-16(18)13-6-5-8-14(10-13)19-2/h5-6,8,10,15H,3-4,7,9,11-12H2,1-2H3. The van der Waals surface area contributed by atoms with E-state index in [-0.39, 0.29) is 11.9 Å². The van der Waals surface area contributed by atoms with E-state index < -0.39 is 0 Å². The quantitative estimate of drug-likeness (QED) is 0.748. The zero-order valence-corrected chi connectivity index (χ0v) is 12.3. The van der Waals surface area contributed by atoms with Crippen molar-refractivity contribution >= 4 is 5.78 Å². The predicted molar refractivity (Wildman–Crippen MR) is 78.4 cm³/mol. The maximum atomic E-state index is 12.2. The topological polar surface area (TPSA) is 38.8 Å². The second-order valence-electron chi connectivity index (χ2n) is 5.34. The van der Waals surface area contributed by atoms with Gasteiger partial charge in [0.15, 0.2) is 5.78 Å². The average Bonchev–Trinajstić information content (AvgIpc) is 2.48. The summed E-state index contributed by atoms with van der Waals surface area (Å²) in [6.07, 6.45) is 3.75. The molecular formula is C16H23NO3. The van der Waals surface area contributed by atoms with Crippen molar-refractivity contribution in [3.63, 3.8) is 0 Å². The van der Waals surface area contributed by atoms with Gasteiger partial charge in [0.2, 0.25) is 0 Å². The van der Waals surface area contributed by atoms with E-state index in [9.17, 15) is 4.79 Å². The van der Waals surface area contributed by atoms with Crippen LogP contribution in [0.2, 0.25) is 0 Å². The van der Waals surface area contributed by atoms with Gasteiger partial charge in [0.1, 0.15) is 5.75 Å². The van der Waals surface area contributed by atoms with E-state index in [1.807, 2.05) is 30.1 Å². The van der Waals surface area contributed by atoms with E-state index in [4.69, 9.17) is 9.47 Å². The number of hydrogen-bond donors (Lipinski definition) is 0. The summed E-state index contributed by atoms with van der Waals surface area (Å²) in [5, 5.41) is 0. The molecule has 0 aromatic heterocycles. The van der Waals surface area contributed by atoms with Gasteiger partial charge < -0.3 is 9.47 Å². The number of carbonyl (C=O) groups excluding carboxylic acids is 1. The molecule has 0 amide bonds. The first kappa shape index (κ1) is 15.0. The van der Waals surface area contributed by atoms with Crippen LogP contribution in [0.15, 0.2) is 24.3 Å². The van der Waals surface area contributed by atoms with Crippen molar-refractivity contribution in [1.82, 2.24) is 4.90 Å². The third-order valence-electron chi connectivity index (χ3n) is 3.59. The Morgan fingerprint density at radius 1 is 1.45 bits per heavy atom. The molecule has 1 heterocycles. The minimum atomic E-state index is 0.113. The van der Waals surface area contributed by atoms with Gasteiger partial charge in [-0.05, 0) is 38.4 Å². The van der Waals surface area contributed by atoms with Gasteiger partial charge in [0.05, 0.1) is 19.8 Å². The molecule has 0 saturated carbocycles. The molecule has 1 aromatic rings. The van der Waals surface area contributed by atoms with Gasteiger partial charge in [-0.2, -0.15) is 0 Å². The first-order chi connectivity index (χ1) is 9.69. The Balaban J connectivity index is 1.86. The number of Topliss-reactive ketones (excluding diaryl/α,β-unsaturated/α-hetero) is 1. The molecule has 0 N–H and O–H groups in total. The normalized spacial score (nSPS) is 19.1. The summed E-state index contributed by atoms with van der Waals surface area (Å²) in [5.74, 6) is 0.830. The lowest BCUT2D eigenvalue weighted by molar-refractivity contribution is -0.000670. The van der Waals surface area contributed by atoms with Crippen molar-refractivity contribution in [2.75, 3.05) is 33.9 Å². The first-order valence-electron chi connectivity index (χ1n) is 7.16. The van der Waals surface area contributed by atoms with Crippen molar-refractivity contribution in [2.45, 2.75) is 25.4 Å². The smallest absolute Gasteiger partial charge is 0.176 e. The van der Waals surface area contributed by atoms with Crippen LogP contribution in [-0.4, -0.2) is 50.6 Å². The van der Waals surface area contributed by atoms with Crippen LogP contribution in [0.3, 0.4) is 0 Å². The van der Waals surface area contributed by atoms with Gasteiger partial charge in [0, 0.05) is 18.7 Å². The number of likely N-dealkylation sites (N-methyl/N-ethyl adjacent to an activating group) is 1. The van der Waals surface area contributed by atoms with E-state index in [2.05, 4.69) is 0 Å². The molecule has 0 bridgehead atoms. The molecule has 20 heavy (non-hydrogen) atoms. The highest BCUT2D eigenvalue weighted by atomic mass is 16.5. The summed E-state index contributed by atoms with van der Waals surface area (Å²) >= 11 is 0. The van der Waals surface area contributed by atoms with Crippen LogP contribution in [0.5, 0.6) is 5.75 Å². The number of hydrogen-bond acceptors (Lipinski definition) is 4. The molecule has 110 valence electrons. The Kier molecular flexibility index (Phi) is 5.56. The number of nitrogens with zero attached hydrogens (tertiary/aromatic N) is 1. The molecule has 1 fully saturated rings. The Morgan fingerprint density at radius 2 is 2.30 bits per heavy atom. The highest BCUT2D eigenvalue weighted by Gasteiger charge is 2.17. The number of ether oxygens (including phenoxy) is 2. The molecule has 4 heteroatoms. The maximum absolute atomic E-state index is 12.2. The van der Waals surface area contributed by atoms with Crippen molar-refractivity contribution in [3.05, 3.63) is 29.8 Å². The predicted octanol–water partition coefficient (Wildman–Crippen LogP) is 2.38. The summed E-state index contributed by atoms with van der Waals surface area (Å²) in [6, 6.07) is 7.30. The molecular weight excluding hydrogens is 254 g/mol. The lowest BCUT2D eigenvalue weighted by Crippen LogP contribution is -2.36. The van der Waals surface area contributed by atoms with Crippen LogP contribution >= 0.6 is 0 Å². The Labute approximate surface area is 120 Å². The fourth-order valence-corrected chi connectivity index (χ4v) is 2.50. The lowest BCUT2D eigenvalue weighted by Gasteiger charge is -2.27. The molecule has 2 rings (SSSR count). The van der Waals surface area contributed by atoms with Crippen LogP contribution in [0.25, 0.3) is 0 Å². The molecule has 0 radical (unpaired) electrons. The summed E-state index contributed by atoms with van der Waals surface area (Å²) in [6.45, 7) is 2.07. The molecule has 1 aliphatic rings. The Bertz CT molecular complexity index is 441. The summed E-state index contributed by atoms with van der Waals surface area (Å²) < 4.78 is 10.8. The number of carbonyl (C=O) groups is 1. The summed E-state index contributed by atoms with van der Waals surface area (Å²) in [5.41, 5.74) is 0.695. The largest absolute Gasteiger partial charge is 0.497 e. The summed E-state index contributed by atoms with van der Waals surface area (Å²) in [7, 11) is 3.58. The van der Waals surface area contributed by atoms with Crippen molar-refractivity contribution < 1.29 is 14.3 Å². The van der Waals surface area contributed by atoms with E-state index >= 15 is 0 Å². The monoisotopic (exact) mass is 277 g/mol. The fourth-order valence-electron chi connectivity index (χ4n) is 2.50. The van der Waals surface area contributed by atoms with Gasteiger partial charge in [-0.25, -0.2) is 0 Å². The number of ketones is 1. The zero-order chi connectivity index (χ0) is 14.4. The third-order valence-corrected chi connectivity index (χ3v) is 3.59. The third kappa shape index (κ3) is 4.32. The minimum absolute atomic E-state index is 0.113. The SMILES string of the molecule is COc1cccc(C(=O)CN(C)CC2CCCCO2)c1. The maximum Gasteiger partial charge on any atom is 0.176 e.